The molecule has 0 aliphatic heterocycles. The van der Waals surface area contributed by atoms with E-state index in [1.165, 1.54) is 7.11 Å². The number of halogens is 1. The summed E-state index contributed by atoms with van der Waals surface area (Å²) in [6, 6.07) is 4.80. The van der Waals surface area contributed by atoms with Crippen LogP contribution in [0.1, 0.15) is 17.5 Å². The van der Waals surface area contributed by atoms with Crippen molar-refractivity contribution in [3.05, 3.63) is 40.4 Å². The van der Waals surface area contributed by atoms with E-state index in [4.69, 9.17) is 14.9 Å². The smallest absolute Gasteiger partial charge is 0.233 e. The van der Waals surface area contributed by atoms with Gasteiger partial charge in [0.1, 0.15) is 11.8 Å². The molecule has 1 unspecified atom stereocenters. The van der Waals surface area contributed by atoms with Crippen molar-refractivity contribution in [2.45, 2.75) is 6.04 Å². The van der Waals surface area contributed by atoms with Crippen molar-refractivity contribution < 1.29 is 9.15 Å². The third-order valence-corrected chi connectivity index (χ3v) is 2.77. The van der Waals surface area contributed by atoms with Crippen LogP contribution in [0.5, 0.6) is 5.88 Å². The first kappa shape index (κ1) is 11.1. The normalized spacial score (nSPS) is 12.4. The van der Waals surface area contributed by atoms with Crippen LogP contribution in [0.3, 0.4) is 0 Å². The number of furan rings is 1. The van der Waals surface area contributed by atoms with Crippen LogP contribution in [0.2, 0.25) is 0 Å². The highest BCUT2D eigenvalue weighted by Crippen LogP contribution is 2.26. The minimum Gasteiger partial charge on any atom is -0.480 e. The van der Waals surface area contributed by atoms with Crippen molar-refractivity contribution in [1.29, 1.82) is 0 Å². The maximum atomic E-state index is 5.99. The van der Waals surface area contributed by atoms with Gasteiger partial charge < -0.3 is 14.9 Å². The van der Waals surface area contributed by atoms with Crippen molar-refractivity contribution in [3.63, 3.8) is 0 Å². The molecule has 0 spiro atoms. The Bertz CT molecular complexity index is 469. The first-order valence-corrected chi connectivity index (χ1v) is 5.37. The van der Waals surface area contributed by atoms with Crippen LogP contribution in [-0.2, 0) is 0 Å². The minimum absolute atomic E-state index is 0.442. The van der Waals surface area contributed by atoms with Gasteiger partial charge in [-0.3, -0.25) is 0 Å². The fourth-order valence-corrected chi connectivity index (χ4v) is 1.71. The van der Waals surface area contributed by atoms with Crippen LogP contribution >= 0.6 is 15.9 Å². The maximum absolute atomic E-state index is 5.99. The van der Waals surface area contributed by atoms with Crippen molar-refractivity contribution >= 4 is 15.9 Å². The van der Waals surface area contributed by atoms with Gasteiger partial charge in [0.25, 0.3) is 0 Å². The summed E-state index contributed by atoms with van der Waals surface area (Å²) in [5.41, 5.74) is 6.61. The zero-order valence-corrected chi connectivity index (χ0v) is 10.1. The van der Waals surface area contributed by atoms with Gasteiger partial charge in [-0.1, -0.05) is 0 Å². The highest BCUT2D eigenvalue weighted by Gasteiger charge is 2.17. The summed E-state index contributed by atoms with van der Waals surface area (Å²) in [5, 5.41) is 7.81. The van der Waals surface area contributed by atoms with Gasteiger partial charge in [-0.25, -0.2) is 0 Å². The molecular formula is C10H10BrN3O2. The fraction of sp³-hybridized carbons (Fsp3) is 0.200. The largest absolute Gasteiger partial charge is 0.480 e. The molecule has 2 aromatic heterocycles. The first-order valence-electron chi connectivity index (χ1n) is 4.58. The van der Waals surface area contributed by atoms with Gasteiger partial charge in [0.05, 0.1) is 23.5 Å². The number of hydrogen-bond donors (Lipinski definition) is 1. The fourth-order valence-electron chi connectivity index (χ4n) is 1.27. The summed E-state index contributed by atoms with van der Waals surface area (Å²) in [7, 11) is 1.53. The second-order valence-corrected chi connectivity index (χ2v) is 3.97. The lowest BCUT2D eigenvalue weighted by molar-refractivity contribution is 0.390. The van der Waals surface area contributed by atoms with E-state index >= 15 is 0 Å². The van der Waals surface area contributed by atoms with Crippen molar-refractivity contribution in [2.75, 3.05) is 7.11 Å². The molecule has 5 nitrogen and oxygen atoms in total. The van der Waals surface area contributed by atoms with Crippen molar-refractivity contribution in [2.24, 2.45) is 5.73 Å². The Balaban J connectivity index is 2.27. The molecule has 16 heavy (non-hydrogen) atoms. The molecular weight excluding hydrogens is 274 g/mol. The van der Waals surface area contributed by atoms with Crippen molar-refractivity contribution in [1.82, 2.24) is 10.2 Å². The topological polar surface area (TPSA) is 74.2 Å². The van der Waals surface area contributed by atoms with E-state index in [1.807, 2.05) is 0 Å². The molecule has 0 aliphatic rings. The minimum atomic E-state index is -0.442. The third kappa shape index (κ3) is 2.07. The quantitative estimate of drug-likeness (QED) is 0.931. The molecule has 2 heterocycles. The van der Waals surface area contributed by atoms with Gasteiger partial charge in [-0.05, 0) is 28.1 Å². The van der Waals surface area contributed by atoms with Crippen LogP contribution in [0.4, 0.5) is 0 Å². The molecule has 0 aliphatic carbocycles. The summed E-state index contributed by atoms with van der Waals surface area (Å²) in [6.45, 7) is 0. The van der Waals surface area contributed by atoms with Gasteiger partial charge in [0, 0.05) is 6.07 Å². The van der Waals surface area contributed by atoms with E-state index in [2.05, 4.69) is 26.1 Å². The van der Waals surface area contributed by atoms with E-state index in [0.717, 1.165) is 4.47 Å². The number of nitrogens with zero attached hydrogens (tertiary/aromatic N) is 2. The number of ether oxygens (including phenoxy) is 1. The second kappa shape index (κ2) is 4.63. The molecule has 0 aromatic carbocycles. The molecule has 84 valence electrons. The van der Waals surface area contributed by atoms with Crippen LogP contribution in [0.15, 0.2) is 33.4 Å². The Morgan fingerprint density at radius 1 is 1.38 bits per heavy atom. The van der Waals surface area contributed by atoms with Crippen LogP contribution in [0, 0.1) is 0 Å². The monoisotopic (exact) mass is 283 g/mol. The standard InChI is InChI=1S/C10H10BrN3O2/c1-15-8-3-2-7(13-14-8)9(12)10-6(11)4-5-16-10/h2-5,9H,12H2,1H3. The molecule has 0 saturated heterocycles. The van der Waals surface area contributed by atoms with E-state index in [1.54, 1.807) is 24.5 Å². The third-order valence-electron chi connectivity index (χ3n) is 2.12. The Morgan fingerprint density at radius 2 is 2.19 bits per heavy atom. The molecule has 0 saturated carbocycles. The summed E-state index contributed by atoms with van der Waals surface area (Å²) < 4.78 is 11.0. The highest BCUT2D eigenvalue weighted by molar-refractivity contribution is 9.10. The van der Waals surface area contributed by atoms with E-state index in [9.17, 15) is 0 Å². The summed E-state index contributed by atoms with van der Waals surface area (Å²) in [6.07, 6.45) is 1.57. The predicted octanol–water partition coefficient (Wildman–Crippen LogP) is 1.89. The SMILES string of the molecule is COc1ccc(C(N)c2occc2Br)nn1. The number of rotatable bonds is 3. The van der Waals surface area contributed by atoms with E-state index in [-0.39, 0.29) is 0 Å². The van der Waals surface area contributed by atoms with Gasteiger partial charge >= 0.3 is 0 Å². The molecule has 2 N–H and O–H groups in total. The van der Waals surface area contributed by atoms with Gasteiger partial charge in [0.15, 0.2) is 0 Å². The lowest BCUT2D eigenvalue weighted by Gasteiger charge is -2.08. The van der Waals surface area contributed by atoms with E-state index < -0.39 is 6.04 Å². The Morgan fingerprint density at radius 3 is 2.69 bits per heavy atom. The lowest BCUT2D eigenvalue weighted by atomic mass is 10.1. The first-order chi connectivity index (χ1) is 7.72. The zero-order chi connectivity index (χ0) is 11.5. The Kier molecular flexibility index (Phi) is 3.21. The second-order valence-electron chi connectivity index (χ2n) is 3.11. The molecule has 6 heteroatoms. The summed E-state index contributed by atoms with van der Waals surface area (Å²) in [5.74, 6) is 1.08. The van der Waals surface area contributed by atoms with Gasteiger partial charge in [0.2, 0.25) is 5.88 Å². The molecule has 2 aromatic rings. The Labute approximate surface area is 101 Å². The molecule has 0 radical (unpaired) electrons. The number of methoxy groups -OCH3 is 1. The summed E-state index contributed by atoms with van der Waals surface area (Å²) >= 11 is 3.35. The molecule has 0 bridgehead atoms. The molecule has 1 atom stereocenters. The number of nitrogens with two attached hydrogens (primary N) is 1. The van der Waals surface area contributed by atoms with Crippen LogP contribution < -0.4 is 10.5 Å². The molecule has 0 amide bonds. The maximum Gasteiger partial charge on any atom is 0.233 e. The van der Waals surface area contributed by atoms with Crippen LogP contribution in [-0.4, -0.2) is 17.3 Å². The van der Waals surface area contributed by atoms with Gasteiger partial charge in [-0.15, -0.1) is 10.2 Å². The van der Waals surface area contributed by atoms with Crippen LogP contribution in [0.25, 0.3) is 0 Å². The zero-order valence-electron chi connectivity index (χ0n) is 8.55. The number of hydrogen-bond acceptors (Lipinski definition) is 5. The lowest BCUT2D eigenvalue weighted by Crippen LogP contribution is -2.14. The number of aromatic nitrogens is 2. The average molecular weight is 284 g/mol. The predicted molar refractivity (Wildman–Crippen MR) is 61.0 cm³/mol. The molecule has 2 rings (SSSR count). The average Bonchev–Trinajstić information content (AvgIpc) is 2.75. The van der Waals surface area contributed by atoms with Crippen molar-refractivity contribution in [3.8, 4) is 5.88 Å². The van der Waals surface area contributed by atoms with Gasteiger partial charge in [-0.2, -0.15) is 0 Å². The Hall–Kier alpha value is -1.40. The highest BCUT2D eigenvalue weighted by atomic mass is 79.9. The molecule has 0 fully saturated rings. The van der Waals surface area contributed by atoms with E-state index in [0.29, 0.717) is 17.3 Å². The summed E-state index contributed by atoms with van der Waals surface area (Å²) in [4.78, 5) is 0.